The highest BCUT2D eigenvalue weighted by atomic mass is 16.3. The predicted octanol–water partition coefficient (Wildman–Crippen LogP) is 1.24. The van der Waals surface area contributed by atoms with Gasteiger partial charge in [-0.1, -0.05) is 18.2 Å². The number of rotatable bonds is 5. The molecular formula is C10H16N2O. The van der Waals surface area contributed by atoms with Gasteiger partial charge in [0, 0.05) is 19.0 Å². The Labute approximate surface area is 79.2 Å². The van der Waals surface area contributed by atoms with Gasteiger partial charge in [-0.05, 0) is 19.1 Å². The molecule has 13 heavy (non-hydrogen) atoms. The van der Waals surface area contributed by atoms with Crippen LogP contribution >= 0.6 is 0 Å². The molecule has 0 saturated carbocycles. The SMILES string of the molecule is C=C(C)\C=C/C(=C/C=N\CO)NC. The zero-order valence-electron chi connectivity index (χ0n) is 8.12. The Morgan fingerprint density at radius 3 is 2.69 bits per heavy atom. The van der Waals surface area contributed by atoms with E-state index in [4.69, 9.17) is 5.11 Å². The number of allylic oxidation sites excluding steroid dienone is 4. The summed E-state index contributed by atoms with van der Waals surface area (Å²) in [6.07, 6.45) is 7.12. The second-order valence-electron chi connectivity index (χ2n) is 2.52. The lowest BCUT2D eigenvalue weighted by atomic mass is 10.3. The normalized spacial score (nSPS) is 12.7. The van der Waals surface area contributed by atoms with E-state index >= 15 is 0 Å². The number of nitrogens with one attached hydrogen (secondary N) is 1. The number of likely N-dealkylation sites (N-methyl/N-ethyl adjacent to an activating group) is 1. The maximum atomic E-state index is 8.39. The molecule has 0 saturated heterocycles. The van der Waals surface area contributed by atoms with Gasteiger partial charge in [-0.15, -0.1) is 0 Å². The van der Waals surface area contributed by atoms with E-state index in [1.54, 1.807) is 12.3 Å². The van der Waals surface area contributed by atoms with Crippen molar-refractivity contribution in [2.24, 2.45) is 4.99 Å². The fraction of sp³-hybridized carbons (Fsp3) is 0.300. The lowest BCUT2D eigenvalue weighted by Crippen LogP contribution is -2.03. The van der Waals surface area contributed by atoms with Crippen LogP contribution in [0.2, 0.25) is 0 Å². The van der Waals surface area contributed by atoms with Crippen molar-refractivity contribution in [1.29, 1.82) is 0 Å². The topological polar surface area (TPSA) is 44.6 Å². The minimum absolute atomic E-state index is 0.183. The second kappa shape index (κ2) is 7.31. The fourth-order valence-electron chi connectivity index (χ4n) is 0.634. The highest BCUT2D eigenvalue weighted by molar-refractivity contribution is 5.72. The molecule has 0 atom stereocenters. The number of aliphatic hydroxyl groups is 1. The highest BCUT2D eigenvalue weighted by Crippen LogP contribution is 1.94. The van der Waals surface area contributed by atoms with E-state index in [0.717, 1.165) is 11.3 Å². The van der Waals surface area contributed by atoms with Gasteiger partial charge in [0.25, 0.3) is 0 Å². The average Bonchev–Trinajstić information content (AvgIpc) is 2.10. The molecule has 0 unspecified atom stereocenters. The molecule has 2 N–H and O–H groups in total. The summed E-state index contributed by atoms with van der Waals surface area (Å²) in [5.41, 5.74) is 1.90. The molecule has 0 amide bonds. The molecule has 0 aliphatic carbocycles. The van der Waals surface area contributed by atoms with E-state index in [2.05, 4.69) is 16.9 Å². The molecule has 0 aromatic rings. The van der Waals surface area contributed by atoms with Gasteiger partial charge in [-0.2, -0.15) is 0 Å². The molecular weight excluding hydrogens is 164 g/mol. The van der Waals surface area contributed by atoms with Crippen molar-refractivity contribution >= 4 is 6.21 Å². The van der Waals surface area contributed by atoms with Gasteiger partial charge in [0.2, 0.25) is 0 Å². The minimum Gasteiger partial charge on any atom is -0.388 e. The number of hydrogen-bond donors (Lipinski definition) is 2. The second-order valence-corrected chi connectivity index (χ2v) is 2.52. The van der Waals surface area contributed by atoms with Crippen LogP contribution in [0.25, 0.3) is 0 Å². The molecule has 0 aliphatic rings. The molecule has 3 nitrogen and oxygen atoms in total. The van der Waals surface area contributed by atoms with Crippen LogP contribution in [0.5, 0.6) is 0 Å². The Hall–Kier alpha value is -1.35. The number of aliphatic hydroxyl groups excluding tert-OH is 1. The largest absolute Gasteiger partial charge is 0.388 e. The van der Waals surface area contributed by atoms with Crippen molar-refractivity contribution < 1.29 is 5.11 Å². The van der Waals surface area contributed by atoms with Crippen molar-refractivity contribution in [3.63, 3.8) is 0 Å². The average molecular weight is 180 g/mol. The Morgan fingerprint density at radius 1 is 1.54 bits per heavy atom. The molecule has 0 radical (unpaired) electrons. The zero-order chi connectivity index (χ0) is 10.1. The molecule has 0 aromatic carbocycles. The molecule has 0 bridgehead atoms. The van der Waals surface area contributed by atoms with Crippen LogP contribution in [-0.2, 0) is 0 Å². The number of nitrogens with zero attached hydrogens (tertiary/aromatic N) is 1. The third kappa shape index (κ3) is 7.03. The van der Waals surface area contributed by atoms with Gasteiger partial charge in [0.1, 0.15) is 6.73 Å². The molecule has 0 aromatic heterocycles. The van der Waals surface area contributed by atoms with Crippen LogP contribution in [-0.4, -0.2) is 25.1 Å². The summed E-state index contributed by atoms with van der Waals surface area (Å²) in [5.74, 6) is 0. The first-order chi connectivity index (χ1) is 6.20. The minimum atomic E-state index is -0.183. The van der Waals surface area contributed by atoms with Crippen molar-refractivity contribution in [2.45, 2.75) is 6.92 Å². The van der Waals surface area contributed by atoms with Crippen molar-refractivity contribution in [3.05, 3.63) is 36.1 Å². The van der Waals surface area contributed by atoms with Crippen LogP contribution in [0.1, 0.15) is 6.92 Å². The Morgan fingerprint density at radius 2 is 2.23 bits per heavy atom. The quantitative estimate of drug-likeness (QED) is 0.494. The smallest absolute Gasteiger partial charge is 0.134 e. The van der Waals surface area contributed by atoms with E-state index < -0.39 is 0 Å². The standard InChI is InChI=1S/C10H16N2O/c1-9(2)4-5-10(11-3)6-7-12-8-13/h4-7,11,13H,1,8H2,2-3H3/b5-4-,10-6-,12-7-. The summed E-state index contributed by atoms with van der Waals surface area (Å²) in [6.45, 7) is 5.48. The van der Waals surface area contributed by atoms with E-state index in [1.807, 2.05) is 26.1 Å². The van der Waals surface area contributed by atoms with Crippen molar-refractivity contribution in [1.82, 2.24) is 5.32 Å². The molecule has 0 spiro atoms. The van der Waals surface area contributed by atoms with Gasteiger partial charge in [-0.25, -0.2) is 0 Å². The molecule has 0 rings (SSSR count). The fourth-order valence-corrected chi connectivity index (χ4v) is 0.634. The third-order valence-electron chi connectivity index (χ3n) is 1.28. The van der Waals surface area contributed by atoms with E-state index in [9.17, 15) is 0 Å². The Kier molecular flexibility index (Phi) is 6.55. The summed E-state index contributed by atoms with van der Waals surface area (Å²) in [7, 11) is 1.82. The van der Waals surface area contributed by atoms with Crippen LogP contribution < -0.4 is 5.32 Å². The van der Waals surface area contributed by atoms with Crippen LogP contribution in [0.4, 0.5) is 0 Å². The van der Waals surface area contributed by atoms with E-state index in [-0.39, 0.29) is 6.73 Å². The van der Waals surface area contributed by atoms with Crippen LogP contribution in [0.15, 0.2) is 41.1 Å². The predicted molar refractivity (Wildman–Crippen MR) is 56.7 cm³/mol. The molecule has 0 heterocycles. The Balaban J connectivity index is 4.24. The third-order valence-corrected chi connectivity index (χ3v) is 1.28. The summed E-state index contributed by atoms with van der Waals surface area (Å²) in [6, 6.07) is 0. The van der Waals surface area contributed by atoms with E-state index in [0.29, 0.717) is 0 Å². The van der Waals surface area contributed by atoms with Gasteiger partial charge >= 0.3 is 0 Å². The maximum absolute atomic E-state index is 8.39. The monoisotopic (exact) mass is 180 g/mol. The van der Waals surface area contributed by atoms with Gasteiger partial charge in [0.05, 0.1) is 0 Å². The molecule has 0 aliphatic heterocycles. The van der Waals surface area contributed by atoms with Crippen LogP contribution in [0.3, 0.4) is 0 Å². The maximum Gasteiger partial charge on any atom is 0.134 e. The van der Waals surface area contributed by atoms with Gasteiger partial charge in [-0.3, -0.25) is 4.99 Å². The number of aliphatic imine (C=N–C) groups is 1. The van der Waals surface area contributed by atoms with Crippen molar-refractivity contribution in [3.8, 4) is 0 Å². The van der Waals surface area contributed by atoms with E-state index in [1.165, 1.54) is 0 Å². The first kappa shape index (κ1) is 11.6. The lowest BCUT2D eigenvalue weighted by Gasteiger charge is -1.97. The van der Waals surface area contributed by atoms with Gasteiger partial charge < -0.3 is 10.4 Å². The lowest BCUT2D eigenvalue weighted by molar-refractivity contribution is 0.310. The summed E-state index contributed by atoms with van der Waals surface area (Å²) < 4.78 is 0. The summed E-state index contributed by atoms with van der Waals surface area (Å²) in [4.78, 5) is 3.64. The number of hydrogen-bond acceptors (Lipinski definition) is 3. The molecule has 72 valence electrons. The molecule has 3 heteroatoms. The Bertz CT molecular complexity index is 239. The first-order valence-corrected chi connectivity index (χ1v) is 4.03. The highest BCUT2D eigenvalue weighted by Gasteiger charge is 1.83. The van der Waals surface area contributed by atoms with Crippen LogP contribution in [0, 0.1) is 0 Å². The zero-order valence-corrected chi connectivity index (χ0v) is 8.12. The van der Waals surface area contributed by atoms with Crippen molar-refractivity contribution in [2.75, 3.05) is 13.8 Å². The summed E-state index contributed by atoms with van der Waals surface area (Å²) >= 11 is 0. The summed E-state index contributed by atoms with van der Waals surface area (Å²) in [5, 5.41) is 11.4. The molecule has 0 fully saturated rings. The van der Waals surface area contributed by atoms with Gasteiger partial charge in [0.15, 0.2) is 0 Å². The first-order valence-electron chi connectivity index (χ1n) is 4.03.